The second-order valence-electron chi connectivity index (χ2n) is 6.56. The average molecular weight is 488 g/mol. The Labute approximate surface area is 194 Å². The van der Waals surface area contributed by atoms with Crippen molar-refractivity contribution in [1.82, 2.24) is 9.55 Å². The molecular weight excluding hydrogens is 477 g/mol. The molecule has 12 nitrogen and oxygen atoms in total. The molecule has 0 unspecified atom stereocenters. The van der Waals surface area contributed by atoms with Crippen LogP contribution < -0.4 is 5.32 Å². The molecular formula is C19H11Cl2N7O5. The molecule has 0 saturated heterocycles. The minimum absolute atomic E-state index is 0.0434. The lowest BCUT2D eigenvalue weighted by atomic mass is 10.1. The SMILES string of the molecule is O=C(N=C1N=Nc2c(O)nc(CC(=O)c3cccc([N+](=O)[O-])c3Cl)n21)Nc1ccc(Cl)cc1. The van der Waals surface area contributed by atoms with E-state index in [2.05, 4.69) is 25.5 Å². The van der Waals surface area contributed by atoms with E-state index in [1.807, 2.05) is 0 Å². The Hall–Kier alpha value is -4.16. The van der Waals surface area contributed by atoms with Crippen LogP contribution in [0.2, 0.25) is 10.0 Å². The van der Waals surface area contributed by atoms with Crippen molar-refractivity contribution >= 4 is 58.2 Å². The highest BCUT2D eigenvalue weighted by Gasteiger charge is 2.29. The summed E-state index contributed by atoms with van der Waals surface area (Å²) in [5.41, 5.74) is -0.105. The van der Waals surface area contributed by atoms with E-state index in [-0.39, 0.29) is 28.2 Å². The number of aromatic hydroxyl groups is 1. The molecule has 1 aliphatic heterocycles. The van der Waals surface area contributed by atoms with Crippen molar-refractivity contribution in [3.63, 3.8) is 0 Å². The Morgan fingerprint density at radius 3 is 2.58 bits per heavy atom. The van der Waals surface area contributed by atoms with Crippen LogP contribution in [0.4, 0.5) is 22.0 Å². The van der Waals surface area contributed by atoms with Crippen molar-refractivity contribution in [2.24, 2.45) is 15.2 Å². The van der Waals surface area contributed by atoms with Gasteiger partial charge in [-0.1, -0.05) is 29.3 Å². The molecule has 0 fully saturated rings. The number of Topliss-reactive ketones (excluding diaryl/α,β-unsaturated/α-hetero) is 1. The fraction of sp³-hybridized carbons (Fsp3) is 0.0526. The van der Waals surface area contributed by atoms with E-state index in [9.17, 15) is 24.8 Å². The van der Waals surface area contributed by atoms with Crippen molar-refractivity contribution < 1.29 is 19.6 Å². The Bertz CT molecular complexity index is 1370. The van der Waals surface area contributed by atoms with Crippen LogP contribution in [0.25, 0.3) is 0 Å². The number of aliphatic imine (C=N–C) groups is 1. The number of nitro benzene ring substituents is 1. The number of ketones is 1. The molecule has 0 spiro atoms. The van der Waals surface area contributed by atoms with Gasteiger partial charge in [0, 0.05) is 22.3 Å². The Morgan fingerprint density at radius 2 is 1.88 bits per heavy atom. The van der Waals surface area contributed by atoms with Crippen LogP contribution in [0, 0.1) is 10.1 Å². The highest BCUT2D eigenvalue weighted by atomic mass is 35.5. The van der Waals surface area contributed by atoms with Gasteiger partial charge in [-0.3, -0.25) is 14.9 Å². The van der Waals surface area contributed by atoms with Crippen molar-refractivity contribution in [2.75, 3.05) is 5.32 Å². The third kappa shape index (κ3) is 4.42. The van der Waals surface area contributed by atoms with E-state index >= 15 is 0 Å². The predicted octanol–water partition coefficient (Wildman–Crippen LogP) is 4.76. The number of nitrogens with one attached hydrogen (secondary N) is 1. The van der Waals surface area contributed by atoms with E-state index in [1.165, 1.54) is 18.2 Å². The van der Waals surface area contributed by atoms with Gasteiger partial charge in [-0.2, -0.15) is 9.98 Å². The summed E-state index contributed by atoms with van der Waals surface area (Å²) in [6, 6.07) is 9.31. The summed E-state index contributed by atoms with van der Waals surface area (Å²) >= 11 is 11.8. The number of urea groups is 1. The summed E-state index contributed by atoms with van der Waals surface area (Å²) in [5, 5.41) is 31.3. The molecule has 2 aromatic carbocycles. The van der Waals surface area contributed by atoms with Crippen LogP contribution in [0.1, 0.15) is 16.2 Å². The zero-order chi connectivity index (χ0) is 23.7. The molecule has 0 bridgehead atoms. The van der Waals surface area contributed by atoms with Crippen LogP contribution in [-0.2, 0) is 6.42 Å². The van der Waals surface area contributed by atoms with Crippen molar-refractivity contribution in [3.8, 4) is 5.88 Å². The van der Waals surface area contributed by atoms with Crippen LogP contribution in [0.3, 0.4) is 0 Å². The van der Waals surface area contributed by atoms with Crippen LogP contribution in [-0.4, -0.2) is 37.4 Å². The summed E-state index contributed by atoms with van der Waals surface area (Å²) in [6.45, 7) is 0. The van der Waals surface area contributed by atoms with E-state index in [0.29, 0.717) is 10.7 Å². The number of azo groups is 1. The number of carbonyl (C=O) groups excluding carboxylic acids is 2. The molecule has 3 aromatic rings. The largest absolute Gasteiger partial charge is 0.491 e. The van der Waals surface area contributed by atoms with Gasteiger partial charge in [0.15, 0.2) is 5.78 Å². The number of fused-ring (bicyclic) bond motifs is 1. The predicted molar refractivity (Wildman–Crippen MR) is 118 cm³/mol. The fourth-order valence-corrected chi connectivity index (χ4v) is 3.39. The maximum absolute atomic E-state index is 12.8. The summed E-state index contributed by atoms with van der Waals surface area (Å²) < 4.78 is 1.12. The highest BCUT2D eigenvalue weighted by Crippen LogP contribution is 2.34. The minimum atomic E-state index is -0.800. The molecule has 0 saturated carbocycles. The highest BCUT2D eigenvalue weighted by molar-refractivity contribution is 6.36. The first-order valence-corrected chi connectivity index (χ1v) is 9.84. The van der Waals surface area contributed by atoms with E-state index in [4.69, 9.17) is 23.2 Å². The maximum atomic E-state index is 12.8. The topological polar surface area (TPSA) is 164 Å². The number of benzene rings is 2. The van der Waals surface area contributed by atoms with Gasteiger partial charge < -0.3 is 10.4 Å². The lowest BCUT2D eigenvalue weighted by molar-refractivity contribution is -0.384. The Balaban J connectivity index is 1.60. The molecule has 0 aliphatic carbocycles. The first-order valence-electron chi connectivity index (χ1n) is 9.08. The lowest BCUT2D eigenvalue weighted by Gasteiger charge is -2.06. The monoisotopic (exact) mass is 487 g/mol. The Kier molecular flexibility index (Phi) is 5.85. The van der Waals surface area contributed by atoms with Crippen molar-refractivity contribution in [3.05, 3.63) is 74.0 Å². The number of imidazole rings is 1. The number of amides is 2. The van der Waals surface area contributed by atoms with Crippen LogP contribution >= 0.6 is 23.2 Å². The summed E-state index contributed by atoms with van der Waals surface area (Å²) in [7, 11) is 0. The molecule has 1 aromatic heterocycles. The normalized spacial score (nSPS) is 13.2. The van der Waals surface area contributed by atoms with Crippen LogP contribution in [0.5, 0.6) is 5.88 Å². The molecule has 33 heavy (non-hydrogen) atoms. The van der Waals surface area contributed by atoms with Gasteiger partial charge in [-0.05, 0) is 30.3 Å². The number of rotatable bonds is 5. The molecule has 2 heterocycles. The molecule has 2 amide bonds. The van der Waals surface area contributed by atoms with Gasteiger partial charge >= 0.3 is 6.03 Å². The number of nitro groups is 1. The average Bonchev–Trinajstić information content (AvgIpc) is 3.31. The number of hydrogen-bond acceptors (Lipinski definition) is 7. The number of halogens is 2. The van der Waals surface area contributed by atoms with Gasteiger partial charge in [-0.25, -0.2) is 9.36 Å². The van der Waals surface area contributed by atoms with Gasteiger partial charge in [0.1, 0.15) is 10.8 Å². The van der Waals surface area contributed by atoms with E-state index in [1.54, 1.807) is 24.3 Å². The van der Waals surface area contributed by atoms with Gasteiger partial charge in [0.2, 0.25) is 5.82 Å². The standard InChI is InChI=1S/C19H11Cl2N7O5/c20-9-4-6-10(7-5-9)22-19(31)24-18-26-25-16-17(30)23-14(27(16)18)8-13(29)11-2-1-3-12(15(11)21)28(32)33/h1-7,30H,8H2,(H,22,31). The third-order valence-corrected chi connectivity index (χ3v) is 5.08. The molecule has 166 valence electrons. The fourth-order valence-electron chi connectivity index (χ4n) is 2.96. The number of carbonyl (C=O) groups is 2. The van der Waals surface area contributed by atoms with E-state index in [0.717, 1.165) is 4.57 Å². The quantitative estimate of drug-likeness (QED) is 0.299. The molecule has 1 aliphatic rings. The Morgan fingerprint density at radius 1 is 1.15 bits per heavy atom. The zero-order valence-corrected chi connectivity index (χ0v) is 17.8. The molecule has 4 rings (SSSR count). The third-order valence-electron chi connectivity index (χ3n) is 4.43. The minimum Gasteiger partial charge on any atom is -0.491 e. The molecule has 0 radical (unpaired) electrons. The van der Waals surface area contributed by atoms with E-state index < -0.39 is 34.7 Å². The zero-order valence-electron chi connectivity index (χ0n) is 16.3. The van der Waals surface area contributed by atoms with Gasteiger partial charge in [0.05, 0.1) is 11.3 Å². The second-order valence-corrected chi connectivity index (χ2v) is 7.37. The van der Waals surface area contributed by atoms with Crippen molar-refractivity contribution in [2.45, 2.75) is 6.42 Å². The van der Waals surface area contributed by atoms with Crippen molar-refractivity contribution in [1.29, 1.82) is 0 Å². The number of nitrogens with zero attached hydrogens (tertiary/aromatic N) is 6. The summed E-state index contributed by atoms with van der Waals surface area (Å²) in [6.07, 6.45) is -0.433. The smallest absolute Gasteiger partial charge is 0.348 e. The van der Waals surface area contributed by atoms with Gasteiger partial charge in [0.25, 0.3) is 17.5 Å². The number of aromatic nitrogens is 2. The maximum Gasteiger partial charge on any atom is 0.348 e. The molecule has 0 atom stereocenters. The second kappa shape index (κ2) is 8.76. The lowest BCUT2D eigenvalue weighted by Crippen LogP contribution is -2.17. The molecule has 2 N–H and O–H groups in total. The number of hydrogen-bond donors (Lipinski definition) is 2. The first-order chi connectivity index (χ1) is 15.7. The first kappa shape index (κ1) is 22.0. The summed E-state index contributed by atoms with van der Waals surface area (Å²) in [5.74, 6) is -1.56. The van der Waals surface area contributed by atoms with Gasteiger partial charge in [-0.15, -0.1) is 10.2 Å². The summed E-state index contributed by atoms with van der Waals surface area (Å²) in [4.78, 5) is 43.1. The number of anilines is 1. The van der Waals surface area contributed by atoms with Crippen LogP contribution in [0.15, 0.2) is 57.7 Å². The molecule has 14 heteroatoms.